The molecule has 2 aromatic rings. The van der Waals surface area contributed by atoms with Crippen molar-refractivity contribution in [2.75, 3.05) is 20.3 Å². The van der Waals surface area contributed by atoms with Gasteiger partial charge >= 0.3 is 0 Å². The van der Waals surface area contributed by atoms with Crippen molar-refractivity contribution >= 4 is 23.4 Å². The van der Waals surface area contributed by atoms with Crippen LogP contribution in [-0.4, -0.2) is 32.1 Å². The second-order valence-corrected chi connectivity index (χ2v) is 6.52. The lowest BCUT2D eigenvalue weighted by Crippen LogP contribution is -2.31. The minimum atomic E-state index is -0.628. The summed E-state index contributed by atoms with van der Waals surface area (Å²) in [6.45, 7) is 4.08. The summed E-state index contributed by atoms with van der Waals surface area (Å²) in [5, 5.41) is 5.33. The summed E-state index contributed by atoms with van der Waals surface area (Å²) in [5.74, 6) is -1.11. The molecule has 0 aliphatic rings. The molecule has 2 N–H and O–H groups in total. The number of ether oxygens (including phenoxy) is 2. The van der Waals surface area contributed by atoms with Crippen molar-refractivity contribution in [3.05, 3.63) is 76.7 Å². The molecule has 0 radical (unpaired) electrons. The van der Waals surface area contributed by atoms with Gasteiger partial charge in [0.1, 0.15) is 11.6 Å². The molecule has 6 nitrogen and oxygen atoms in total. The normalized spacial score (nSPS) is 10.3. The van der Waals surface area contributed by atoms with Crippen LogP contribution in [0.25, 0.3) is 0 Å². The van der Waals surface area contributed by atoms with Crippen LogP contribution in [0.3, 0.4) is 0 Å². The van der Waals surface area contributed by atoms with E-state index in [9.17, 15) is 14.0 Å². The molecule has 0 saturated heterocycles. The van der Waals surface area contributed by atoms with Crippen molar-refractivity contribution in [2.24, 2.45) is 0 Å². The molecule has 29 heavy (non-hydrogen) atoms. The van der Waals surface area contributed by atoms with Gasteiger partial charge in [-0.25, -0.2) is 4.39 Å². The van der Waals surface area contributed by atoms with Gasteiger partial charge in [-0.05, 0) is 23.8 Å². The molecule has 0 heterocycles. The summed E-state index contributed by atoms with van der Waals surface area (Å²) in [6.07, 6.45) is 0.347. The molecule has 0 saturated carbocycles. The molecule has 154 valence electrons. The van der Waals surface area contributed by atoms with E-state index in [1.807, 2.05) is 12.1 Å². The third kappa shape index (κ3) is 7.21. The van der Waals surface area contributed by atoms with Crippen molar-refractivity contribution in [1.29, 1.82) is 0 Å². The number of rotatable bonds is 10. The molecule has 0 aromatic heterocycles. The standard InChI is InChI=1S/C21H22ClFN2O4/c1-14(25-20(26)13-29-16-7-8-18(22)19(23)11-16)9-10-24-21(27)17-6-4-3-5-15(17)12-28-2/h3-8,11H,1,9-10,12-13H2,2H3,(H,24,27)(H,25,26). The van der Waals surface area contributed by atoms with E-state index in [1.165, 1.54) is 12.1 Å². The van der Waals surface area contributed by atoms with Gasteiger partial charge in [0.05, 0.1) is 11.6 Å². The van der Waals surface area contributed by atoms with Gasteiger partial charge in [0.2, 0.25) is 0 Å². The maximum atomic E-state index is 13.3. The number of carbonyl (C=O) groups excluding carboxylic acids is 2. The summed E-state index contributed by atoms with van der Waals surface area (Å²) in [5.41, 5.74) is 1.74. The Labute approximate surface area is 173 Å². The van der Waals surface area contributed by atoms with E-state index in [4.69, 9.17) is 21.1 Å². The molecule has 2 rings (SSSR count). The third-order valence-corrected chi connectivity index (χ3v) is 4.16. The zero-order valence-corrected chi connectivity index (χ0v) is 16.7. The molecule has 0 atom stereocenters. The van der Waals surface area contributed by atoms with Crippen LogP contribution >= 0.6 is 11.6 Å². The number of methoxy groups -OCH3 is 1. The molecule has 2 aromatic carbocycles. The first-order chi connectivity index (χ1) is 13.9. The fraction of sp³-hybridized carbons (Fsp3) is 0.238. The van der Waals surface area contributed by atoms with Crippen LogP contribution in [0.2, 0.25) is 5.02 Å². The Morgan fingerprint density at radius 3 is 2.69 bits per heavy atom. The van der Waals surface area contributed by atoms with E-state index in [0.29, 0.717) is 30.8 Å². The minimum absolute atomic E-state index is 0.0259. The number of halogens is 2. The van der Waals surface area contributed by atoms with Gasteiger partial charge in [0.25, 0.3) is 11.8 Å². The maximum Gasteiger partial charge on any atom is 0.262 e. The van der Waals surface area contributed by atoms with Gasteiger partial charge in [-0.3, -0.25) is 9.59 Å². The Morgan fingerprint density at radius 2 is 1.97 bits per heavy atom. The Hall–Kier alpha value is -2.90. The summed E-state index contributed by atoms with van der Waals surface area (Å²) in [4.78, 5) is 24.2. The van der Waals surface area contributed by atoms with E-state index in [1.54, 1.807) is 19.2 Å². The second kappa shape index (κ2) is 11.2. The smallest absolute Gasteiger partial charge is 0.262 e. The highest BCUT2D eigenvalue weighted by atomic mass is 35.5. The van der Waals surface area contributed by atoms with E-state index in [-0.39, 0.29) is 23.3 Å². The molecule has 0 bridgehead atoms. The number of carbonyl (C=O) groups is 2. The zero-order valence-electron chi connectivity index (χ0n) is 16.0. The van der Waals surface area contributed by atoms with Gasteiger partial charge in [0.15, 0.2) is 6.61 Å². The predicted octanol–water partition coefficient (Wildman–Crippen LogP) is 3.45. The summed E-state index contributed by atoms with van der Waals surface area (Å²) in [6, 6.07) is 11.1. The number of hydrogen-bond acceptors (Lipinski definition) is 4. The van der Waals surface area contributed by atoms with Gasteiger partial charge in [0, 0.05) is 37.4 Å². The van der Waals surface area contributed by atoms with Crippen molar-refractivity contribution in [2.45, 2.75) is 13.0 Å². The first kappa shape index (κ1) is 22.4. The first-order valence-corrected chi connectivity index (χ1v) is 9.19. The highest BCUT2D eigenvalue weighted by molar-refractivity contribution is 6.30. The van der Waals surface area contributed by atoms with Gasteiger partial charge in [-0.1, -0.05) is 36.4 Å². The first-order valence-electron chi connectivity index (χ1n) is 8.81. The Morgan fingerprint density at radius 1 is 1.21 bits per heavy atom. The number of hydrogen-bond donors (Lipinski definition) is 2. The molecular formula is C21H22ClFN2O4. The Balaban J connectivity index is 1.73. The van der Waals surface area contributed by atoms with Gasteiger partial charge in [-0.15, -0.1) is 0 Å². The number of benzene rings is 2. The number of amides is 2. The van der Waals surface area contributed by atoms with Gasteiger partial charge < -0.3 is 20.1 Å². The highest BCUT2D eigenvalue weighted by Gasteiger charge is 2.11. The quantitative estimate of drug-likeness (QED) is 0.617. The van der Waals surface area contributed by atoms with Crippen LogP contribution in [0.15, 0.2) is 54.7 Å². The van der Waals surface area contributed by atoms with Crippen LogP contribution < -0.4 is 15.4 Å². The van der Waals surface area contributed by atoms with Crippen LogP contribution in [0, 0.1) is 5.82 Å². The fourth-order valence-corrected chi connectivity index (χ4v) is 2.57. The average molecular weight is 421 g/mol. The van der Waals surface area contributed by atoms with E-state index >= 15 is 0 Å². The van der Waals surface area contributed by atoms with Gasteiger partial charge in [-0.2, -0.15) is 0 Å². The Bertz CT molecular complexity index is 889. The molecule has 0 unspecified atom stereocenters. The van der Waals surface area contributed by atoms with Crippen molar-refractivity contribution in [1.82, 2.24) is 10.6 Å². The summed E-state index contributed by atoms with van der Waals surface area (Å²) in [7, 11) is 1.56. The van der Waals surface area contributed by atoms with Crippen molar-refractivity contribution in [3.8, 4) is 5.75 Å². The van der Waals surface area contributed by atoms with Crippen molar-refractivity contribution < 1.29 is 23.5 Å². The average Bonchev–Trinajstić information content (AvgIpc) is 2.69. The highest BCUT2D eigenvalue weighted by Crippen LogP contribution is 2.20. The van der Waals surface area contributed by atoms with E-state index in [0.717, 1.165) is 11.6 Å². The maximum absolute atomic E-state index is 13.3. The second-order valence-electron chi connectivity index (χ2n) is 6.11. The summed E-state index contributed by atoms with van der Waals surface area (Å²) < 4.78 is 23.6. The predicted molar refractivity (Wildman–Crippen MR) is 108 cm³/mol. The Kier molecular flexibility index (Phi) is 8.64. The van der Waals surface area contributed by atoms with Crippen LogP contribution in [0.1, 0.15) is 22.3 Å². The lowest BCUT2D eigenvalue weighted by atomic mass is 10.1. The van der Waals surface area contributed by atoms with Crippen LogP contribution in [0.5, 0.6) is 5.75 Å². The molecule has 0 fully saturated rings. The molecular weight excluding hydrogens is 399 g/mol. The van der Waals surface area contributed by atoms with Crippen molar-refractivity contribution in [3.63, 3.8) is 0 Å². The fourth-order valence-electron chi connectivity index (χ4n) is 2.46. The summed E-state index contributed by atoms with van der Waals surface area (Å²) >= 11 is 5.59. The van der Waals surface area contributed by atoms with Crippen LogP contribution in [0.4, 0.5) is 4.39 Å². The van der Waals surface area contributed by atoms with Crippen LogP contribution in [-0.2, 0) is 16.1 Å². The lowest BCUT2D eigenvalue weighted by molar-refractivity contribution is -0.122. The molecule has 8 heteroatoms. The molecule has 0 aliphatic carbocycles. The molecule has 0 aliphatic heterocycles. The lowest BCUT2D eigenvalue weighted by Gasteiger charge is -2.12. The number of nitrogens with one attached hydrogen (secondary N) is 2. The van der Waals surface area contributed by atoms with E-state index in [2.05, 4.69) is 17.2 Å². The van der Waals surface area contributed by atoms with E-state index < -0.39 is 11.7 Å². The molecule has 0 spiro atoms. The monoisotopic (exact) mass is 420 g/mol. The largest absolute Gasteiger partial charge is 0.484 e. The topological polar surface area (TPSA) is 76.7 Å². The third-order valence-electron chi connectivity index (χ3n) is 3.85. The minimum Gasteiger partial charge on any atom is -0.484 e. The SMILES string of the molecule is C=C(CCNC(=O)c1ccccc1COC)NC(=O)COc1ccc(Cl)c(F)c1. The zero-order chi connectivity index (χ0) is 21.2. The molecule has 2 amide bonds.